The van der Waals surface area contributed by atoms with Crippen molar-refractivity contribution >= 4 is 21.6 Å². The van der Waals surface area contributed by atoms with Gasteiger partial charge in [0.1, 0.15) is 5.75 Å². The fourth-order valence-corrected chi connectivity index (χ4v) is 4.00. The van der Waals surface area contributed by atoms with Gasteiger partial charge in [-0.3, -0.25) is 4.98 Å². The normalized spacial score (nSPS) is 15.1. The van der Waals surface area contributed by atoms with Gasteiger partial charge in [0.05, 0.1) is 30.0 Å². The van der Waals surface area contributed by atoms with Crippen LogP contribution in [0.1, 0.15) is 48.4 Å². The summed E-state index contributed by atoms with van der Waals surface area (Å²) in [5.41, 5.74) is 0.260. The molecule has 8 heteroatoms. The molecule has 1 saturated heterocycles. The van der Waals surface area contributed by atoms with Crippen molar-refractivity contribution in [3.63, 3.8) is 0 Å². The monoisotopic (exact) mass is 481 g/mol. The summed E-state index contributed by atoms with van der Waals surface area (Å²) in [7, 11) is 0. The molecule has 4 nitrogen and oxygen atoms in total. The van der Waals surface area contributed by atoms with E-state index in [2.05, 4.69) is 20.9 Å². The van der Waals surface area contributed by atoms with Gasteiger partial charge in [-0.1, -0.05) is 15.9 Å². The van der Waals surface area contributed by atoms with E-state index in [1.54, 1.807) is 18.3 Å². The van der Waals surface area contributed by atoms with Crippen LogP contribution in [-0.4, -0.2) is 30.0 Å². The molecule has 3 rings (SSSR count). The Kier molecular flexibility index (Phi) is 7.59. The van der Waals surface area contributed by atoms with Gasteiger partial charge < -0.3 is 9.64 Å². The van der Waals surface area contributed by atoms with Crippen LogP contribution in [0.25, 0.3) is 0 Å². The highest BCUT2D eigenvalue weighted by Gasteiger charge is 2.34. The summed E-state index contributed by atoms with van der Waals surface area (Å²) in [5.74, 6) is 1.02. The molecule has 0 bridgehead atoms. The predicted molar refractivity (Wildman–Crippen MR) is 113 cm³/mol. The number of unbranched alkanes of at least 4 members (excludes halogenated alkanes) is 1. The third-order valence-electron chi connectivity index (χ3n) is 5.26. The van der Waals surface area contributed by atoms with Crippen molar-refractivity contribution in [2.45, 2.75) is 37.8 Å². The molecule has 1 fully saturated rings. The Balaban J connectivity index is 1.59. The lowest BCUT2D eigenvalue weighted by Gasteiger charge is -2.33. The first-order chi connectivity index (χ1) is 14.4. The number of halogens is 4. The highest BCUT2D eigenvalue weighted by molar-refractivity contribution is 9.09. The van der Waals surface area contributed by atoms with E-state index >= 15 is 0 Å². The number of pyridine rings is 1. The van der Waals surface area contributed by atoms with E-state index in [-0.39, 0.29) is 11.5 Å². The maximum atomic E-state index is 13.2. The van der Waals surface area contributed by atoms with Crippen molar-refractivity contribution in [3.8, 4) is 11.8 Å². The molecule has 0 saturated carbocycles. The molecular weight excluding hydrogens is 459 g/mol. The predicted octanol–water partition coefficient (Wildman–Crippen LogP) is 5.91. The number of ether oxygens (including phenoxy) is 1. The number of hydrogen-bond donors (Lipinski definition) is 0. The minimum Gasteiger partial charge on any atom is -0.492 e. The van der Waals surface area contributed by atoms with E-state index < -0.39 is 11.7 Å². The lowest BCUT2D eigenvalue weighted by Crippen LogP contribution is -2.33. The van der Waals surface area contributed by atoms with Crippen LogP contribution >= 0.6 is 15.9 Å². The Morgan fingerprint density at radius 2 is 1.93 bits per heavy atom. The third-order valence-corrected chi connectivity index (χ3v) is 5.82. The van der Waals surface area contributed by atoms with E-state index in [9.17, 15) is 13.2 Å². The fourth-order valence-electron chi connectivity index (χ4n) is 3.60. The van der Waals surface area contributed by atoms with Crippen molar-refractivity contribution < 1.29 is 17.9 Å². The van der Waals surface area contributed by atoms with Crippen LogP contribution in [0.5, 0.6) is 5.75 Å². The summed E-state index contributed by atoms with van der Waals surface area (Å²) >= 11 is 3.39. The molecule has 0 radical (unpaired) electrons. The largest absolute Gasteiger partial charge is 0.492 e. The maximum Gasteiger partial charge on any atom is 0.417 e. The molecule has 1 aliphatic heterocycles. The third kappa shape index (κ3) is 5.66. The average Bonchev–Trinajstić information content (AvgIpc) is 2.76. The summed E-state index contributed by atoms with van der Waals surface area (Å²) < 4.78 is 45.3. The van der Waals surface area contributed by atoms with Gasteiger partial charge in [-0.15, -0.1) is 0 Å². The van der Waals surface area contributed by atoms with Crippen LogP contribution in [-0.2, 0) is 6.18 Å². The summed E-state index contributed by atoms with van der Waals surface area (Å²) in [6.45, 7) is 1.94. The zero-order valence-electron chi connectivity index (χ0n) is 16.5. The lowest BCUT2D eigenvalue weighted by atomic mass is 9.92. The summed E-state index contributed by atoms with van der Waals surface area (Å²) in [4.78, 5) is 6.47. The molecule has 0 unspecified atom stereocenters. The number of nitriles is 1. The van der Waals surface area contributed by atoms with E-state index in [1.165, 1.54) is 6.07 Å². The highest BCUT2D eigenvalue weighted by Crippen LogP contribution is 2.36. The van der Waals surface area contributed by atoms with Crippen molar-refractivity contribution in [1.29, 1.82) is 5.26 Å². The van der Waals surface area contributed by atoms with E-state index in [1.807, 2.05) is 17.0 Å². The number of aromatic nitrogens is 1. The zero-order chi connectivity index (χ0) is 21.6. The van der Waals surface area contributed by atoms with Gasteiger partial charge in [0.25, 0.3) is 0 Å². The van der Waals surface area contributed by atoms with E-state index in [4.69, 9.17) is 10.00 Å². The molecule has 0 aliphatic carbocycles. The molecule has 1 aromatic carbocycles. The SMILES string of the molecule is N#Cc1ccc(N2CCC(c3ccc(OCCCCBr)cn3)CC2)cc1C(F)(F)F. The van der Waals surface area contributed by atoms with Gasteiger partial charge in [-0.2, -0.15) is 18.4 Å². The lowest BCUT2D eigenvalue weighted by molar-refractivity contribution is -0.137. The van der Waals surface area contributed by atoms with Crippen molar-refractivity contribution in [2.75, 3.05) is 29.9 Å². The Morgan fingerprint density at radius 3 is 2.53 bits per heavy atom. The Labute approximate surface area is 182 Å². The first-order valence-corrected chi connectivity index (χ1v) is 11.1. The molecule has 2 aromatic rings. The summed E-state index contributed by atoms with van der Waals surface area (Å²) in [5, 5.41) is 9.92. The quantitative estimate of drug-likeness (QED) is 0.364. The van der Waals surface area contributed by atoms with Crippen molar-refractivity contribution in [2.24, 2.45) is 0 Å². The molecule has 1 aromatic heterocycles. The van der Waals surface area contributed by atoms with Gasteiger partial charge in [-0.25, -0.2) is 0 Å². The first-order valence-electron chi connectivity index (χ1n) is 9.93. The topological polar surface area (TPSA) is 49.2 Å². The van der Waals surface area contributed by atoms with Crippen LogP contribution < -0.4 is 9.64 Å². The van der Waals surface area contributed by atoms with Gasteiger partial charge in [-0.05, 0) is 56.0 Å². The molecule has 2 heterocycles. The van der Waals surface area contributed by atoms with E-state index in [0.717, 1.165) is 48.5 Å². The Morgan fingerprint density at radius 1 is 1.17 bits per heavy atom. The van der Waals surface area contributed by atoms with Crippen LogP contribution in [0.3, 0.4) is 0 Å². The highest BCUT2D eigenvalue weighted by atomic mass is 79.9. The van der Waals surface area contributed by atoms with Crippen molar-refractivity contribution in [1.82, 2.24) is 4.98 Å². The second kappa shape index (κ2) is 10.2. The second-order valence-electron chi connectivity index (χ2n) is 7.26. The number of piperidine rings is 1. The minimum absolute atomic E-state index is 0.268. The number of nitrogens with zero attached hydrogens (tertiary/aromatic N) is 3. The molecular formula is C22H23BrF3N3O. The molecule has 0 atom stereocenters. The summed E-state index contributed by atoms with van der Waals surface area (Å²) in [6.07, 6.45) is 0.859. The number of benzene rings is 1. The number of hydrogen-bond acceptors (Lipinski definition) is 4. The van der Waals surface area contributed by atoms with Gasteiger partial charge in [0.15, 0.2) is 0 Å². The Hall–Kier alpha value is -2.27. The number of anilines is 1. The molecule has 1 aliphatic rings. The Bertz CT molecular complexity index is 873. The number of alkyl halides is 4. The zero-order valence-corrected chi connectivity index (χ0v) is 18.0. The second-order valence-corrected chi connectivity index (χ2v) is 8.06. The fraction of sp³-hybridized carbons (Fsp3) is 0.455. The standard InChI is InChI=1S/C22H23BrF3N3O/c23-9-1-2-12-30-19-5-6-21(28-15-19)16-7-10-29(11-8-16)18-4-3-17(14-27)20(13-18)22(24,25)26/h3-6,13,15-16H,1-2,7-12H2. The molecule has 0 N–H and O–H groups in total. The molecule has 0 amide bonds. The van der Waals surface area contributed by atoms with Crippen LogP contribution in [0.2, 0.25) is 0 Å². The van der Waals surface area contributed by atoms with Crippen molar-refractivity contribution in [3.05, 3.63) is 53.3 Å². The smallest absolute Gasteiger partial charge is 0.417 e. The van der Waals surface area contributed by atoms with Gasteiger partial charge in [0.2, 0.25) is 0 Å². The molecule has 0 spiro atoms. The van der Waals surface area contributed by atoms with Crippen LogP contribution in [0.4, 0.5) is 18.9 Å². The van der Waals surface area contributed by atoms with Crippen LogP contribution in [0.15, 0.2) is 36.5 Å². The minimum atomic E-state index is -4.54. The van der Waals surface area contributed by atoms with Gasteiger partial charge >= 0.3 is 6.18 Å². The molecule has 30 heavy (non-hydrogen) atoms. The van der Waals surface area contributed by atoms with Crippen LogP contribution in [0, 0.1) is 11.3 Å². The molecule has 160 valence electrons. The van der Waals surface area contributed by atoms with E-state index in [0.29, 0.717) is 25.4 Å². The first kappa shape index (κ1) is 22.4. The van der Waals surface area contributed by atoms with Gasteiger partial charge in [0, 0.05) is 35.7 Å². The average molecular weight is 482 g/mol. The number of rotatable bonds is 7. The maximum absolute atomic E-state index is 13.2. The summed E-state index contributed by atoms with van der Waals surface area (Å²) in [6, 6.07) is 9.46.